The van der Waals surface area contributed by atoms with Crippen molar-refractivity contribution in [3.05, 3.63) is 50.4 Å². The van der Waals surface area contributed by atoms with Gasteiger partial charge in [-0.15, -0.1) is 11.3 Å². The van der Waals surface area contributed by atoms with Crippen molar-refractivity contribution in [3.63, 3.8) is 0 Å². The normalized spacial score (nSPS) is 16.5. The van der Waals surface area contributed by atoms with E-state index in [2.05, 4.69) is 24.4 Å². The van der Waals surface area contributed by atoms with Crippen molar-refractivity contribution in [1.29, 1.82) is 0 Å². The molecule has 2 nitrogen and oxygen atoms in total. The van der Waals surface area contributed by atoms with E-state index < -0.39 is 0 Å². The van der Waals surface area contributed by atoms with Crippen LogP contribution < -0.4 is 5.32 Å². The second kappa shape index (κ2) is 6.25. The molecule has 0 unspecified atom stereocenters. The van der Waals surface area contributed by atoms with Crippen molar-refractivity contribution in [2.45, 2.75) is 32.1 Å². The lowest BCUT2D eigenvalue weighted by Crippen LogP contribution is -2.26. The average molecular weight is 307 g/mol. The lowest BCUT2D eigenvalue weighted by Gasteiger charge is -2.21. The molecule has 106 valence electrons. The zero-order chi connectivity index (χ0) is 13.9. The molecule has 0 amide bonds. The van der Waals surface area contributed by atoms with E-state index in [1.165, 1.54) is 34.0 Å². The number of hydrogen-bond acceptors (Lipinski definition) is 3. The zero-order valence-electron chi connectivity index (χ0n) is 11.7. The number of aromatic nitrogens is 1. The summed E-state index contributed by atoms with van der Waals surface area (Å²) >= 11 is 7.82. The number of aryl methyl sites for hydroxylation is 1. The average Bonchev–Trinajstić information content (AvgIpc) is 2.83. The third-order valence-corrected chi connectivity index (χ3v) is 5.43. The van der Waals surface area contributed by atoms with Crippen molar-refractivity contribution in [2.75, 3.05) is 13.1 Å². The van der Waals surface area contributed by atoms with E-state index in [4.69, 9.17) is 16.6 Å². The fourth-order valence-corrected chi connectivity index (χ4v) is 4.18. The van der Waals surface area contributed by atoms with E-state index >= 15 is 0 Å². The van der Waals surface area contributed by atoms with Gasteiger partial charge in [-0.05, 0) is 56.5 Å². The maximum absolute atomic E-state index is 5.93. The summed E-state index contributed by atoms with van der Waals surface area (Å²) in [5.74, 6) is 0.702. The largest absolute Gasteiger partial charge is 0.317 e. The second-order valence-corrected chi connectivity index (χ2v) is 6.94. The van der Waals surface area contributed by atoms with Crippen molar-refractivity contribution in [1.82, 2.24) is 10.3 Å². The van der Waals surface area contributed by atoms with Gasteiger partial charge in [-0.3, -0.25) is 0 Å². The molecule has 3 rings (SSSR count). The Bertz CT molecular complexity index is 571. The SMILES string of the molecule is Cc1nc(Cc2ccc(Cl)cc2)sc1C1CCNCC1. The molecule has 0 aliphatic carbocycles. The van der Waals surface area contributed by atoms with Crippen molar-refractivity contribution in [3.8, 4) is 0 Å². The maximum atomic E-state index is 5.93. The zero-order valence-corrected chi connectivity index (χ0v) is 13.2. The molecule has 2 heterocycles. The summed E-state index contributed by atoms with van der Waals surface area (Å²) in [6.45, 7) is 4.42. The van der Waals surface area contributed by atoms with Crippen LogP contribution in [0.25, 0.3) is 0 Å². The Balaban J connectivity index is 1.76. The molecular weight excluding hydrogens is 288 g/mol. The molecule has 1 aromatic carbocycles. The van der Waals surface area contributed by atoms with Gasteiger partial charge in [0.15, 0.2) is 0 Å². The molecule has 2 aromatic rings. The van der Waals surface area contributed by atoms with E-state index in [-0.39, 0.29) is 0 Å². The third-order valence-electron chi connectivity index (χ3n) is 3.86. The Morgan fingerprint density at radius 2 is 1.95 bits per heavy atom. The molecular formula is C16H19ClN2S. The molecule has 0 atom stereocenters. The summed E-state index contributed by atoms with van der Waals surface area (Å²) in [5, 5.41) is 5.44. The minimum Gasteiger partial charge on any atom is -0.317 e. The van der Waals surface area contributed by atoms with Crippen LogP contribution in [0.15, 0.2) is 24.3 Å². The minimum absolute atomic E-state index is 0.702. The molecule has 1 fully saturated rings. The first-order chi connectivity index (χ1) is 9.72. The number of nitrogens with one attached hydrogen (secondary N) is 1. The summed E-state index contributed by atoms with van der Waals surface area (Å²) in [7, 11) is 0. The van der Waals surface area contributed by atoms with Gasteiger partial charge < -0.3 is 5.32 Å². The number of thiazole rings is 1. The van der Waals surface area contributed by atoms with Crippen LogP contribution in [-0.4, -0.2) is 18.1 Å². The van der Waals surface area contributed by atoms with E-state index in [1.54, 1.807) is 0 Å². The Morgan fingerprint density at radius 3 is 2.65 bits per heavy atom. The van der Waals surface area contributed by atoms with E-state index in [0.29, 0.717) is 5.92 Å². The van der Waals surface area contributed by atoms with Crippen LogP contribution in [0.1, 0.15) is 39.9 Å². The van der Waals surface area contributed by atoms with Gasteiger partial charge in [0.05, 0.1) is 10.7 Å². The van der Waals surface area contributed by atoms with Gasteiger partial charge >= 0.3 is 0 Å². The van der Waals surface area contributed by atoms with Crippen molar-refractivity contribution >= 4 is 22.9 Å². The standard InChI is InChI=1S/C16H19ClN2S/c1-11-16(13-6-8-18-9-7-13)20-15(19-11)10-12-2-4-14(17)5-3-12/h2-5,13,18H,6-10H2,1H3. The fraction of sp³-hybridized carbons (Fsp3) is 0.438. The molecule has 0 saturated carbocycles. The molecule has 0 radical (unpaired) electrons. The van der Waals surface area contributed by atoms with E-state index in [1.807, 2.05) is 23.5 Å². The minimum atomic E-state index is 0.702. The van der Waals surface area contributed by atoms with Gasteiger partial charge in [-0.1, -0.05) is 23.7 Å². The predicted molar refractivity (Wildman–Crippen MR) is 86.0 cm³/mol. The molecule has 1 aliphatic heterocycles. The lowest BCUT2D eigenvalue weighted by molar-refractivity contribution is 0.463. The molecule has 20 heavy (non-hydrogen) atoms. The smallest absolute Gasteiger partial charge is 0.0974 e. The van der Waals surface area contributed by atoms with Crippen LogP contribution in [0, 0.1) is 6.92 Å². The number of benzene rings is 1. The Morgan fingerprint density at radius 1 is 1.25 bits per heavy atom. The lowest BCUT2D eigenvalue weighted by atomic mass is 9.96. The van der Waals surface area contributed by atoms with Crippen molar-refractivity contribution in [2.24, 2.45) is 0 Å². The first kappa shape index (κ1) is 14.1. The van der Waals surface area contributed by atoms with Crippen LogP contribution in [0.3, 0.4) is 0 Å². The van der Waals surface area contributed by atoms with Gasteiger partial charge in [0.25, 0.3) is 0 Å². The number of halogens is 1. The second-order valence-electron chi connectivity index (χ2n) is 5.38. The van der Waals surface area contributed by atoms with Gasteiger partial charge in [0.2, 0.25) is 0 Å². The highest BCUT2D eigenvalue weighted by Gasteiger charge is 2.20. The van der Waals surface area contributed by atoms with Gasteiger partial charge in [-0.25, -0.2) is 4.98 Å². The van der Waals surface area contributed by atoms with E-state index in [9.17, 15) is 0 Å². The summed E-state index contributed by atoms with van der Waals surface area (Å²) in [6, 6.07) is 8.07. The van der Waals surface area contributed by atoms with Crippen LogP contribution >= 0.6 is 22.9 Å². The molecule has 1 aromatic heterocycles. The van der Waals surface area contributed by atoms with Gasteiger partial charge in [0, 0.05) is 16.3 Å². The summed E-state index contributed by atoms with van der Waals surface area (Å²) in [5.41, 5.74) is 2.51. The summed E-state index contributed by atoms with van der Waals surface area (Å²) in [4.78, 5) is 6.26. The first-order valence-corrected chi connectivity index (χ1v) is 8.33. The summed E-state index contributed by atoms with van der Waals surface area (Å²) < 4.78 is 0. The molecule has 0 spiro atoms. The third kappa shape index (κ3) is 3.22. The van der Waals surface area contributed by atoms with Gasteiger partial charge in [-0.2, -0.15) is 0 Å². The van der Waals surface area contributed by atoms with Crippen molar-refractivity contribution < 1.29 is 0 Å². The predicted octanol–water partition coefficient (Wildman–Crippen LogP) is 4.16. The van der Waals surface area contributed by atoms with Crippen LogP contribution in [0.5, 0.6) is 0 Å². The maximum Gasteiger partial charge on any atom is 0.0974 e. The molecule has 1 saturated heterocycles. The Hall–Kier alpha value is -0.900. The Labute approximate surface area is 129 Å². The quantitative estimate of drug-likeness (QED) is 0.921. The molecule has 4 heteroatoms. The van der Waals surface area contributed by atoms with Crippen LogP contribution in [0.2, 0.25) is 5.02 Å². The topological polar surface area (TPSA) is 24.9 Å². The van der Waals surface area contributed by atoms with Crippen LogP contribution in [0.4, 0.5) is 0 Å². The fourth-order valence-electron chi connectivity index (χ4n) is 2.78. The molecule has 1 N–H and O–H groups in total. The number of piperidine rings is 1. The monoisotopic (exact) mass is 306 g/mol. The number of rotatable bonds is 3. The molecule has 0 bridgehead atoms. The summed E-state index contributed by atoms with van der Waals surface area (Å²) in [6.07, 6.45) is 3.39. The highest BCUT2D eigenvalue weighted by Crippen LogP contribution is 2.33. The molecule has 1 aliphatic rings. The highest BCUT2D eigenvalue weighted by molar-refractivity contribution is 7.11. The number of nitrogens with zero attached hydrogens (tertiary/aromatic N) is 1. The first-order valence-electron chi connectivity index (χ1n) is 7.14. The number of hydrogen-bond donors (Lipinski definition) is 1. The van der Waals surface area contributed by atoms with Gasteiger partial charge in [0.1, 0.15) is 0 Å². The Kier molecular flexibility index (Phi) is 4.39. The van der Waals surface area contributed by atoms with Crippen LogP contribution in [-0.2, 0) is 6.42 Å². The highest BCUT2D eigenvalue weighted by atomic mass is 35.5. The van der Waals surface area contributed by atoms with E-state index in [0.717, 1.165) is 24.5 Å².